The lowest BCUT2D eigenvalue weighted by Crippen LogP contribution is -2.45. The molecule has 1 heterocycles. The zero-order chi connectivity index (χ0) is 25.8. The van der Waals surface area contributed by atoms with Crippen LogP contribution < -0.4 is 10.6 Å². The van der Waals surface area contributed by atoms with Crippen molar-refractivity contribution < 1.29 is 19.2 Å². The molecular formula is C27H23N5O5. The van der Waals surface area contributed by atoms with E-state index in [1.54, 1.807) is 6.20 Å². The first-order valence-electron chi connectivity index (χ1n) is 11.6. The summed E-state index contributed by atoms with van der Waals surface area (Å²) in [7, 11) is 0. The van der Waals surface area contributed by atoms with Gasteiger partial charge in [0.2, 0.25) is 5.91 Å². The number of nitro groups is 1. The number of carbonyl (C=O) groups is 2. The number of aromatic nitrogens is 2. The Hall–Kier alpha value is -4.99. The molecule has 3 N–H and O–H groups in total. The molecule has 10 nitrogen and oxygen atoms in total. The Kier molecular flexibility index (Phi) is 6.62. The van der Waals surface area contributed by atoms with E-state index in [0.717, 1.165) is 22.3 Å². The van der Waals surface area contributed by atoms with Crippen molar-refractivity contribution in [2.75, 3.05) is 11.9 Å². The van der Waals surface area contributed by atoms with E-state index in [4.69, 9.17) is 4.74 Å². The van der Waals surface area contributed by atoms with Crippen LogP contribution in [0.15, 0.2) is 85.3 Å². The monoisotopic (exact) mass is 497 g/mol. The molecule has 1 aromatic heterocycles. The number of fused-ring (bicyclic) bond motifs is 3. The van der Waals surface area contributed by atoms with E-state index in [1.165, 1.54) is 30.6 Å². The second kappa shape index (κ2) is 10.3. The van der Waals surface area contributed by atoms with E-state index in [-0.39, 0.29) is 24.6 Å². The number of hydrogen-bond acceptors (Lipinski definition) is 6. The lowest BCUT2D eigenvalue weighted by Gasteiger charge is -2.19. The molecule has 37 heavy (non-hydrogen) atoms. The van der Waals surface area contributed by atoms with Crippen LogP contribution in [0.2, 0.25) is 0 Å². The van der Waals surface area contributed by atoms with Crippen molar-refractivity contribution >= 4 is 23.4 Å². The summed E-state index contributed by atoms with van der Waals surface area (Å²) in [5.74, 6) is -0.616. The van der Waals surface area contributed by atoms with E-state index < -0.39 is 23.0 Å². The number of non-ortho nitro benzene ring substituents is 1. The highest BCUT2D eigenvalue weighted by Gasteiger charge is 2.30. The van der Waals surface area contributed by atoms with Gasteiger partial charge >= 0.3 is 6.09 Å². The number of H-pyrrole nitrogens is 1. The zero-order valence-electron chi connectivity index (χ0n) is 19.6. The molecule has 0 aliphatic heterocycles. The Balaban J connectivity index is 1.27. The number of anilines is 1. The van der Waals surface area contributed by atoms with Gasteiger partial charge in [-0.3, -0.25) is 14.9 Å². The van der Waals surface area contributed by atoms with Gasteiger partial charge in [0.05, 0.1) is 11.3 Å². The first-order chi connectivity index (χ1) is 18.0. The lowest BCUT2D eigenvalue weighted by atomic mass is 9.98. The minimum atomic E-state index is -0.980. The van der Waals surface area contributed by atoms with Gasteiger partial charge in [-0.15, -0.1) is 0 Å². The first-order valence-corrected chi connectivity index (χ1v) is 11.6. The Bertz CT molecular complexity index is 1390. The van der Waals surface area contributed by atoms with Gasteiger partial charge in [0.15, 0.2) is 0 Å². The molecule has 0 radical (unpaired) electrons. The average molecular weight is 498 g/mol. The van der Waals surface area contributed by atoms with E-state index >= 15 is 0 Å². The number of nitro benzene ring substituents is 1. The predicted molar refractivity (Wildman–Crippen MR) is 136 cm³/mol. The molecule has 0 fully saturated rings. The highest BCUT2D eigenvalue weighted by Crippen LogP contribution is 2.44. The Morgan fingerprint density at radius 1 is 1.00 bits per heavy atom. The Morgan fingerprint density at radius 3 is 2.24 bits per heavy atom. The van der Waals surface area contributed by atoms with Crippen molar-refractivity contribution in [3.63, 3.8) is 0 Å². The standard InChI is InChI=1S/C27H23N5O5/c33-26(30-17-9-11-19(12-10-17)32(35)36)25(13-18-14-28-16-29-18)31-27(34)37-15-24-22-7-3-1-5-20(22)21-6-2-4-8-23(21)24/h1-12,14,16,24-25H,13,15H2,(H,28,29)(H,30,33)(H,31,34)/t25-/m0/s1. The first kappa shape index (κ1) is 23.7. The van der Waals surface area contributed by atoms with Crippen molar-refractivity contribution in [3.8, 4) is 11.1 Å². The number of nitrogens with zero attached hydrogens (tertiary/aromatic N) is 2. The molecule has 0 saturated carbocycles. The summed E-state index contributed by atoms with van der Waals surface area (Å²) in [6, 6.07) is 20.5. The number of hydrogen-bond donors (Lipinski definition) is 3. The molecule has 3 aromatic carbocycles. The fraction of sp³-hybridized carbons (Fsp3) is 0.148. The van der Waals surface area contributed by atoms with Crippen LogP contribution in [0.1, 0.15) is 22.7 Å². The third-order valence-corrected chi connectivity index (χ3v) is 6.28. The maximum Gasteiger partial charge on any atom is 0.407 e. The number of aromatic amines is 1. The van der Waals surface area contributed by atoms with Crippen LogP contribution in [0, 0.1) is 10.1 Å². The molecule has 5 rings (SSSR count). The molecular weight excluding hydrogens is 474 g/mol. The predicted octanol–water partition coefficient (Wildman–Crippen LogP) is 4.41. The number of benzene rings is 3. The maximum atomic E-state index is 13.0. The van der Waals surface area contributed by atoms with Gasteiger partial charge in [-0.2, -0.15) is 0 Å². The van der Waals surface area contributed by atoms with Gasteiger partial charge in [-0.05, 0) is 34.4 Å². The summed E-state index contributed by atoms with van der Waals surface area (Å²) in [5.41, 5.74) is 5.31. The number of alkyl carbamates (subject to hydrolysis) is 1. The summed E-state index contributed by atoms with van der Waals surface area (Å²) in [6.07, 6.45) is 2.45. The minimum Gasteiger partial charge on any atom is -0.449 e. The fourth-order valence-electron chi connectivity index (χ4n) is 4.50. The molecule has 186 valence electrons. The second-order valence-corrected chi connectivity index (χ2v) is 8.60. The van der Waals surface area contributed by atoms with Gasteiger partial charge in [-0.1, -0.05) is 48.5 Å². The van der Waals surface area contributed by atoms with Gasteiger partial charge < -0.3 is 20.4 Å². The van der Waals surface area contributed by atoms with Gasteiger partial charge in [0.1, 0.15) is 12.6 Å². The van der Waals surface area contributed by atoms with E-state index in [0.29, 0.717) is 11.4 Å². The van der Waals surface area contributed by atoms with Gasteiger partial charge in [-0.25, -0.2) is 9.78 Å². The minimum absolute atomic E-state index is 0.0937. The van der Waals surface area contributed by atoms with Crippen LogP contribution >= 0.6 is 0 Å². The number of rotatable bonds is 8. The summed E-state index contributed by atoms with van der Waals surface area (Å²) in [6.45, 7) is 0.112. The van der Waals surface area contributed by atoms with E-state index in [2.05, 4.69) is 32.7 Å². The Labute approximate surface area is 211 Å². The van der Waals surface area contributed by atoms with Crippen molar-refractivity contribution in [1.82, 2.24) is 15.3 Å². The van der Waals surface area contributed by atoms with Crippen LogP contribution in [0.3, 0.4) is 0 Å². The number of carbonyl (C=O) groups excluding carboxylic acids is 2. The lowest BCUT2D eigenvalue weighted by molar-refractivity contribution is -0.384. The second-order valence-electron chi connectivity index (χ2n) is 8.60. The fourth-order valence-corrected chi connectivity index (χ4v) is 4.50. The molecule has 2 amide bonds. The van der Waals surface area contributed by atoms with E-state index in [1.807, 2.05) is 36.4 Å². The third-order valence-electron chi connectivity index (χ3n) is 6.28. The highest BCUT2D eigenvalue weighted by molar-refractivity contribution is 5.96. The molecule has 0 bridgehead atoms. The number of imidazole rings is 1. The molecule has 1 atom stereocenters. The highest BCUT2D eigenvalue weighted by atomic mass is 16.6. The van der Waals surface area contributed by atoms with Crippen LogP contribution in [0.5, 0.6) is 0 Å². The quantitative estimate of drug-likeness (QED) is 0.243. The van der Waals surface area contributed by atoms with Crippen LogP contribution in [0.25, 0.3) is 11.1 Å². The summed E-state index contributed by atoms with van der Waals surface area (Å²) < 4.78 is 5.60. The normalized spacial score (nSPS) is 12.8. The topological polar surface area (TPSA) is 139 Å². The zero-order valence-corrected chi connectivity index (χ0v) is 19.6. The van der Waals surface area contributed by atoms with Crippen molar-refractivity contribution in [2.24, 2.45) is 0 Å². The van der Waals surface area contributed by atoms with Gasteiger partial charge in [0, 0.05) is 42.0 Å². The number of nitrogens with one attached hydrogen (secondary N) is 3. The molecule has 1 aliphatic carbocycles. The molecule has 0 saturated heterocycles. The number of amides is 2. The van der Waals surface area contributed by atoms with Crippen molar-refractivity contribution in [1.29, 1.82) is 0 Å². The van der Waals surface area contributed by atoms with Gasteiger partial charge in [0.25, 0.3) is 5.69 Å². The molecule has 1 aliphatic rings. The average Bonchev–Trinajstić information content (AvgIpc) is 3.53. The largest absolute Gasteiger partial charge is 0.449 e. The molecule has 10 heteroatoms. The maximum absolute atomic E-state index is 13.0. The number of ether oxygens (including phenoxy) is 1. The summed E-state index contributed by atoms with van der Waals surface area (Å²) in [5, 5.41) is 16.2. The summed E-state index contributed by atoms with van der Waals surface area (Å²) >= 11 is 0. The van der Waals surface area contributed by atoms with Crippen LogP contribution in [0.4, 0.5) is 16.2 Å². The van der Waals surface area contributed by atoms with E-state index in [9.17, 15) is 19.7 Å². The molecule has 0 spiro atoms. The van der Waals surface area contributed by atoms with Crippen molar-refractivity contribution in [2.45, 2.75) is 18.4 Å². The smallest absolute Gasteiger partial charge is 0.407 e. The molecule has 4 aromatic rings. The summed E-state index contributed by atoms with van der Waals surface area (Å²) in [4.78, 5) is 43.1. The SMILES string of the molecule is O=C(N[C@@H](Cc1cnc[nH]1)C(=O)Nc1ccc([N+](=O)[O-])cc1)OCC1c2ccccc2-c2ccccc21. The van der Waals surface area contributed by atoms with Crippen LogP contribution in [-0.4, -0.2) is 39.5 Å². The third kappa shape index (κ3) is 5.18. The van der Waals surface area contributed by atoms with Crippen LogP contribution in [-0.2, 0) is 16.0 Å². The Morgan fingerprint density at radius 2 is 1.65 bits per heavy atom. The van der Waals surface area contributed by atoms with Crippen molar-refractivity contribution in [3.05, 3.63) is 112 Å². The molecule has 0 unspecified atom stereocenters.